The minimum absolute atomic E-state index is 0.530. The van der Waals surface area contributed by atoms with Gasteiger partial charge in [0, 0.05) is 44.6 Å². The molecule has 0 radical (unpaired) electrons. The van der Waals surface area contributed by atoms with Crippen molar-refractivity contribution in [2.45, 2.75) is 19.4 Å². The number of hydrogen-bond donors (Lipinski definition) is 0. The van der Waals surface area contributed by atoms with E-state index in [1.165, 1.54) is 5.56 Å². The molecule has 0 N–H and O–H groups in total. The van der Waals surface area contributed by atoms with E-state index in [-0.39, 0.29) is 0 Å². The van der Waals surface area contributed by atoms with E-state index in [4.69, 9.17) is 4.74 Å². The highest BCUT2D eigenvalue weighted by Gasteiger charge is 2.22. The van der Waals surface area contributed by atoms with Crippen LogP contribution in [0.4, 0.5) is 5.95 Å². The first-order valence-electron chi connectivity index (χ1n) is 8.15. The van der Waals surface area contributed by atoms with Crippen molar-refractivity contribution in [2.24, 2.45) is 0 Å². The Balaban J connectivity index is 1.52. The average Bonchev–Trinajstić information content (AvgIpc) is 2.63. The van der Waals surface area contributed by atoms with E-state index in [9.17, 15) is 0 Å². The number of benzene rings is 1. The quantitative estimate of drug-likeness (QED) is 0.847. The maximum atomic E-state index is 5.22. The molecule has 0 aliphatic carbocycles. The van der Waals surface area contributed by atoms with Gasteiger partial charge in [-0.15, -0.1) is 0 Å². The zero-order chi connectivity index (χ0) is 16.1. The Morgan fingerprint density at radius 3 is 2.30 bits per heavy atom. The predicted octanol–water partition coefficient (Wildman–Crippen LogP) is 2.24. The van der Waals surface area contributed by atoms with Crippen molar-refractivity contribution in [3.05, 3.63) is 48.3 Å². The molecule has 1 aliphatic rings. The minimum atomic E-state index is 0.530. The van der Waals surface area contributed by atoms with Crippen LogP contribution in [0.3, 0.4) is 0 Å². The van der Waals surface area contributed by atoms with Gasteiger partial charge < -0.3 is 9.64 Å². The Labute approximate surface area is 137 Å². The average molecular weight is 312 g/mol. The van der Waals surface area contributed by atoms with Gasteiger partial charge in [-0.25, -0.2) is 9.97 Å². The predicted molar refractivity (Wildman–Crippen MR) is 92.0 cm³/mol. The summed E-state index contributed by atoms with van der Waals surface area (Å²) < 4.78 is 5.22. The van der Waals surface area contributed by atoms with Crippen LogP contribution in [0.15, 0.2) is 42.7 Å². The van der Waals surface area contributed by atoms with E-state index < -0.39 is 0 Å². The molecule has 1 aliphatic heterocycles. The number of anilines is 1. The lowest BCUT2D eigenvalue weighted by Gasteiger charge is -2.38. The molecule has 1 aromatic carbocycles. The number of nitrogens with zero attached hydrogens (tertiary/aromatic N) is 4. The first kappa shape index (κ1) is 15.7. The fourth-order valence-electron chi connectivity index (χ4n) is 3.05. The zero-order valence-corrected chi connectivity index (χ0v) is 13.9. The van der Waals surface area contributed by atoms with Crippen molar-refractivity contribution >= 4 is 5.95 Å². The Morgan fingerprint density at radius 1 is 1.04 bits per heavy atom. The lowest BCUT2D eigenvalue weighted by Crippen LogP contribution is -2.50. The maximum absolute atomic E-state index is 5.22. The Morgan fingerprint density at radius 2 is 1.70 bits per heavy atom. The summed E-state index contributed by atoms with van der Waals surface area (Å²) >= 11 is 0. The van der Waals surface area contributed by atoms with Crippen LogP contribution in [0.2, 0.25) is 0 Å². The first-order valence-corrected chi connectivity index (χ1v) is 8.15. The standard InChI is InChI=1S/C18H24N4O/c1-15(14-16-4-6-17(23-2)7-5-16)21-10-12-22(13-11-21)18-19-8-3-9-20-18/h3-9,15H,10-14H2,1-2H3/t15-/m0/s1. The fourth-order valence-corrected chi connectivity index (χ4v) is 3.05. The van der Waals surface area contributed by atoms with Gasteiger partial charge in [0.1, 0.15) is 5.75 Å². The Kier molecular flexibility index (Phi) is 5.08. The van der Waals surface area contributed by atoms with Gasteiger partial charge >= 0.3 is 0 Å². The monoisotopic (exact) mass is 312 g/mol. The molecular weight excluding hydrogens is 288 g/mol. The molecule has 1 atom stereocenters. The first-order chi connectivity index (χ1) is 11.3. The fraction of sp³-hybridized carbons (Fsp3) is 0.444. The van der Waals surface area contributed by atoms with E-state index in [0.717, 1.165) is 44.3 Å². The lowest BCUT2D eigenvalue weighted by atomic mass is 10.1. The minimum Gasteiger partial charge on any atom is -0.497 e. The van der Waals surface area contributed by atoms with Crippen LogP contribution >= 0.6 is 0 Å². The third-order valence-corrected chi connectivity index (χ3v) is 4.46. The van der Waals surface area contributed by atoms with Gasteiger partial charge in [-0.2, -0.15) is 0 Å². The van der Waals surface area contributed by atoms with Crippen LogP contribution in [0.25, 0.3) is 0 Å². The molecule has 0 amide bonds. The van der Waals surface area contributed by atoms with Crippen LogP contribution < -0.4 is 9.64 Å². The van der Waals surface area contributed by atoms with Crippen LogP contribution in [-0.2, 0) is 6.42 Å². The number of rotatable bonds is 5. The highest BCUT2D eigenvalue weighted by atomic mass is 16.5. The summed E-state index contributed by atoms with van der Waals surface area (Å²) in [6, 6.07) is 10.8. The summed E-state index contributed by atoms with van der Waals surface area (Å²) in [6.45, 7) is 6.37. The summed E-state index contributed by atoms with van der Waals surface area (Å²) in [5.41, 5.74) is 1.35. The van der Waals surface area contributed by atoms with Crippen LogP contribution in [0.1, 0.15) is 12.5 Å². The van der Waals surface area contributed by atoms with Gasteiger partial charge in [0.15, 0.2) is 0 Å². The molecule has 1 aromatic heterocycles. The highest BCUT2D eigenvalue weighted by molar-refractivity contribution is 5.30. The zero-order valence-electron chi connectivity index (χ0n) is 13.9. The smallest absolute Gasteiger partial charge is 0.225 e. The Bertz CT molecular complexity index is 594. The van der Waals surface area contributed by atoms with E-state index in [0.29, 0.717) is 6.04 Å². The molecule has 0 spiro atoms. The van der Waals surface area contributed by atoms with Crippen molar-refractivity contribution in [1.29, 1.82) is 0 Å². The summed E-state index contributed by atoms with van der Waals surface area (Å²) in [5, 5.41) is 0. The SMILES string of the molecule is COc1ccc(C[C@H](C)N2CCN(c3ncccn3)CC2)cc1. The molecule has 5 nitrogen and oxygen atoms in total. The molecule has 3 rings (SSSR count). The number of hydrogen-bond acceptors (Lipinski definition) is 5. The molecule has 0 saturated carbocycles. The molecule has 1 fully saturated rings. The van der Waals surface area contributed by atoms with Gasteiger partial charge in [0.05, 0.1) is 7.11 Å². The largest absolute Gasteiger partial charge is 0.497 e. The lowest BCUT2D eigenvalue weighted by molar-refractivity contribution is 0.195. The van der Waals surface area contributed by atoms with E-state index >= 15 is 0 Å². The van der Waals surface area contributed by atoms with Gasteiger partial charge in [-0.05, 0) is 37.1 Å². The second-order valence-corrected chi connectivity index (χ2v) is 5.97. The molecule has 2 aromatic rings. The molecule has 23 heavy (non-hydrogen) atoms. The number of aromatic nitrogens is 2. The van der Waals surface area contributed by atoms with Crippen molar-refractivity contribution in [3.63, 3.8) is 0 Å². The van der Waals surface area contributed by atoms with Crippen molar-refractivity contribution in [3.8, 4) is 5.75 Å². The van der Waals surface area contributed by atoms with Gasteiger partial charge in [-0.1, -0.05) is 12.1 Å². The number of ether oxygens (including phenoxy) is 1. The summed E-state index contributed by atoms with van der Waals surface area (Å²) in [7, 11) is 1.70. The van der Waals surface area contributed by atoms with Crippen molar-refractivity contribution in [1.82, 2.24) is 14.9 Å². The number of piperazine rings is 1. The van der Waals surface area contributed by atoms with Gasteiger partial charge in [0.25, 0.3) is 0 Å². The second kappa shape index (κ2) is 7.42. The summed E-state index contributed by atoms with van der Waals surface area (Å²) in [6.07, 6.45) is 4.67. The third-order valence-electron chi connectivity index (χ3n) is 4.46. The van der Waals surface area contributed by atoms with Crippen LogP contribution in [-0.4, -0.2) is 54.2 Å². The molecule has 122 valence electrons. The van der Waals surface area contributed by atoms with E-state index in [2.05, 4.69) is 38.8 Å². The molecule has 1 saturated heterocycles. The maximum Gasteiger partial charge on any atom is 0.225 e. The van der Waals surface area contributed by atoms with Crippen LogP contribution in [0, 0.1) is 0 Å². The molecule has 0 bridgehead atoms. The van der Waals surface area contributed by atoms with Crippen LogP contribution in [0.5, 0.6) is 5.75 Å². The normalized spacial score (nSPS) is 17.0. The molecule has 2 heterocycles. The molecular formula is C18H24N4O. The number of methoxy groups -OCH3 is 1. The molecule has 0 unspecified atom stereocenters. The van der Waals surface area contributed by atoms with Crippen molar-refractivity contribution < 1.29 is 4.74 Å². The summed E-state index contributed by atoms with van der Waals surface area (Å²) in [5.74, 6) is 1.76. The van der Waals surface area contributed by atoms with Gasteiger partial charge in [-0.3, -0.25) is 4.90 Å². The van der Waals surface area contributed by atoms with E-state index in [1.54, 1.807) is 19.5 Å². The summed E-state index contributed by atoms with van der Waals surface area (Å²) in [4.78, 5) is 13.5. The topological polar surface area (TPSA) is 41.5 Å². The van der Waals surface area contributed by atoms with E-state index in [1.807, 2.05) is 18.2 Å². The van der Waals surface area contributed by atoms with Gasteiger partial charge in [0.2, 0.25) is 5.95 Å². The second-order valence-electron chi connectivity index (χ2n) is 5.97. The van der Waals surface area contributed by atoms with Crippen molar-refractivity contribution in [2.75, 3.05) is 38.2 Å². The highest BCUT2D eigenvalue weighted by Crippen LogP contribution is 2.17. The Hall–Kier alpha value is -2.14. The third kappa shape index (κ3) is 3.99. The molecule has 5 heteroatoms.